The molecule has 150 valence electrons. The molecule has 0 spiro atoms. The summed E-state index contributed by atoms with van der Waals surface area (Å²) >= 11 is 0. The molecule has 28 heavy (non-hydrogen) atoms. The van der Waals surface area contributed by atoms with Crippen LogP contribution in [0.3, 0.4) is 0 Å². The van der Waals surface area contributed by atoms with Gasteiger partial charge in [-0.3, -0.25) is 9.69 Å². The summed E-state index contributed by atoms with van der Waals surface area (Å²) in [5, 5.41) is 13.6. The Balaban J connectivity index is 2.15. The van der Waals surface area contributed by atoms with Crippen molar-refractivity contribution in [2.24, 2.45) is 5.73 Å². The number of rotatable bonds is 4. The van der Waals surface area contributed by atoms with Crippen LogP contribution in [-0.2, 0) is 11.3 Å². The van der Waals surface area contributed by atoms with Crippen LogP contribution in [0.5, 0.6) is 0 Å². The molecule has 2 aromatic rings. The first-order chi connectivity index (χ1) is 13.2. The zero-order chi connectivity index (χ0) is 20.6. The summed E-state index contributed by atoms with van der Waals surface area (Å²) in [7, 11) is 0. The third-order valence-electron chi connectivity index (χ3n) is 5.00. The van der Waals surface area contributed by atoms with Gasteiger partial charge in [0.25, 0.3) is 5.89 Å². The second-order valence-corrected chi connectivity index (χ2v) is 7.27. The van der Waals surface area contributed by atoms with E-state index in [-0.39, 0.29) is 24.5 Å². The number of nitrogens with zero attached hydrogens (tertiary/aromatic N) is 4. The largest absolute Gasteiger partial charge is 0.465 e. The molecule has 2 atom stereocenters. The van der Waals surface area contributed by atoms with Crippen LogP contribution in [0, 0.1) is 0 Å². The molecule has 3 rings (SSSR count). The van der Waals surface area contributed by atoms with Crippen molar-refractivity contribution in [3.05, 3.63) is 29.6 Å². The average Bonchev–Trinajstić information content (AvgIpc) is 3.09. The number of carbonyl (C=O) groups excluding carboxylic acids is 1. The molecule has 1 aliphatic heterocycles. The van der Waals surface area contributed by atoms with Crippen molar-refractivity contribution in [2.75, 3.05) is 4.90 Å². The lowest BCUT2D eigenvalue weighted by Gasteiger charge is -2.43. The van der Waals surface area contributed by atoms with E-state index < -0.39 is 12.1 Å². The van der Waals surface area contributed by atoms with Crippen molar-refractivity contribution < 1.29 is 19.2 Å². The SMILES string of the molecule is CC(=O)N1c2ccc(-c3nc(CN)no3)cc2[C@H](N(C(=O)O)C(C)C)C[C@@H]1C. The molecule has 0 fully saturated rings. The van der Waals surface area contributed by atoms with Crippen LogP contribution >= 0.6 is 0 Å². The zero-order valence-electron chi connectivity index (χ0n) is 16.4. The summed E-state index contributed by atoms with van der Waals surface area (Å²) in [6.07, 6.45) is -0.499. The maximum Gasteiger partial charge on any atom is 0.408 e. The van der Waals surface area contributed by atoms with Gasteiger partial charge in [-0.15, -0.1) is 0 Å². The summed E-state index contributed by atoms with van der Waals surface area (Å²) in [5.41, 5.74) is 7.65. The van der Waals surface area contributed by atoms with E-state index >= 15 is 0 Å². The standard InChI is InChI=1S/C19H25N5O4/c1-10(2)23(19(26)27)16-7-11(3)24(12(4)25)15-6-5-13(8-14(15)16)18-21-17(9-20)22-28-18/h5-6,8,10-11,16H,7,9,20H2,1-4H3,(H,26,27)/t11-,16+/m0/s1. The molecule has 0 unspecified atom stereocenters. The number of hydrogen-bond donors (Lipinski definition) is 2. The van der Waals surface area contributed by atoms with E-state index in [1.807, 2.05) is 26.8 Å². The summed E-state index contributed by atoms with van der Waals surface area (Å²) < 4.78 is 5.27. The van der Waals surface area contributed by atoms with Crippen LogP contribution in [-0.4, -0.2) is 44.2 Å². The lowest BCUT2D eigenvalue weighted by atomic mass is 9.88. The quantitative estimate of drug-likeness (QED) is 0.826. The third-order valence-corrected chi connectivity index (χ3v) is 5.00. The molecule has 2 amide bonds. The highest BCUT2D eigenvalue weighted by Crippen LogP contribution is 2.42. The average molecular weight is 387 g/mol. The zero-order valence-corrected chi connectivity index (χ0v) is 16.4. The Kier molecular flexibility index (Phi) is 5.37. The van der Waals surface area contributed by atoms with Gasteiger partial charge in [-0.1, -0.05) is 5.16 Å². The van der Waals surface area contributed by atoms with Crippen LogP contribution in [0.4, 0.5) is 10.5 Å². The van der Waals surface area contributed by atoms with Crippen LogP contribution in [0.2, 0.25) is 0 Å². The highest BCUT2D eigenvalue weighted by Gasteiger charge is 2.38. The molecule has 9 nitrogen and oxygen atoms in total. The summed E-state index contributed by atoms with van der Waals surface area (Å²) in [5.74, 6) is 0.605. The molecule has 0 saturated carbocycles. The van der Waals surface area contributed by atoms with Gasteiger partial charge in [0.05, 0.1) is 12.6 Å². The third kappa shape index (κ3) is 3.45. The number of hydrogen-bond acceptors (Lipinski definition) is 6. The lowest BCUT2D eigenvalue weighted by molar-refractivity contribution is -0.117. The van der Waals surface area contributed by atoms with E-state index in [2.05, 4.69) is 10.1 Å². The van der Waals surface area contributed by atoms with Crippen molar-refractivity contribution >= 4 is 17.7 Å². The molecule has 1 aromatic carbocycles. The van der Waals surface area contributed by atoms with Crippen LogP contribution < -0.4 is 10.6 Å². The lowest BCUT2D eigenvalue weighted by Crippen LogP contribution is -2.48. The Labute approximate surface area is 163 Å². The Hall–Kier alpha value is -2.94. The van der Waals surface area contributed by atoms with Crippen molar-refractivity contribution in [1.82, 2.24) is 15.0 Å². The summed E-state index contributed by atoms with van der Waals surface area (Å²) in [6.45, 7) is 7.28. The molecule has 0 radical (unpaired) electrons. The van der Waals surface area contributed by atoms with Gasteiger partial charge in [0.15, 0.2) is 5.82 Å². The second-order valence-electron chi connectivity index (χ2n) is 7.27. The predicted octanol–water partition coefficient (Wildman–Crippen LogP) is 2.77. The molecule has 2 heterocycles. The smallest absolute Gasteiger partial charge is 0.408 e. The molecule has 1 aromatic heterocycles. The molecule has 9 heteroatoms. The van der Waals surface area contributed by atoms with Gasteiger partial charge in [-0.25, -0.2) is 4.79 Å². The number of nitrogens with two attached hydrogens (primary N) is 1. The number of fused-ring (bicyclic) bond motifs is 1. The Morgan fingerprint density at radius 2 is 2.14 bits per heavy atom. The van der Waals surface area contributed by atoms with Crippen LogP contribution in [0.15, 0.2) is 22.7 Å². The normalized spacial score (nSPS) is 18.9. The fourth-order valence-electron chi connectivity index (χ4n) is 3.88. The van der Waals surface area contributed by atoms with E-state index in [9.17, 15) is 14.7 Å². The molecular formula is C19H25N5O4. The summed E-state index contributed by atoms with van der Waals surface area (Å²) in [6, 6.07) is 4.68. The highest BCUT2D eigenvalue weighted by atomic mass is 16.5. The topological polar surface area (TPSA) is 126 Å². The molecule has 0 bridgehead atoms. The first-order valence-electron chi connectivity index (χ1n) is 9.22. The van der Waals surface area contributed by atoms with Crippen molar-refractivity contribution in [3.8, 4) is 11.5 Å². The fourth-order valence-corrected chi connectivity index (χ4v) is 3.88. The van der Waals surface area contributed by atoms with Gasteiger partial charge < -0.3 is 20.3 Å². The van der Waals surface area contributed by atoms with Crippen molar-refractivity contribution in [1.29, 1.82) is 0 Å². The number of carboxylic acid groups (broad SMARTS) is 1. The Morgan fingerprint density at radius 1 is 1.43 bits per heavy atom. The van der Waals surface area contributed by atoms with Gasteiger partial charge in [0.2, 0.25) is 5.91 Å². The summed E-state index contributed by atoms with van der Waals surface area (Å²) in [4.78, 5) is 31.6. The van der Waals surface area contributed by atoms with Gasteiger partial charge in [-0.2, -0.15) is 4.98 Å². The predicted molar refractivity (Wildman–Crippen MR) is 103 cm³/mol. The number of amides is 2. The van der Waals surface area contributed by atoms with Gasteiger partial charge in [-0.05, 0) is 51.0 Å². The van der Waals surface area contributed by atoms with E-state index in [1.165, 1.54) is 11.8 Å². The maximum absolute atomic E-state index is 12.3. The second kappa shape index (κ2) is 7.59. The first-order valence-corrected chi connectivity index (χ1v) is 9.22. The minimum Gasteiger partial charge on any atom is -0.465 e. The maximum atomic E-state index is 12.3. The van der Waals surface area contributed by atoms with Crippen molar-refractivity contribution in [2.45, 2.75) is 58.8 Å². The van der Waals surface area contributed by atoms with E-state index in [0.717, 1.165) is 5.56 Å². The monoisotopic (exact) mass is 387 g/mol. The van der Waals surface area contributed by atoms with Crippen molar-refractivity contribution in [3.63, 3.8) is 0 Å². The van der Waals surface area contributed by atoms with Gasteiger partial charge in [0.1, 0.15) is 0 Å². The van der Waals surface area contributed by atoms with Gasteiger partial charge in [0, 0.05) is 30.3 Å². The number of aromatic nitrogens is 2. The highest BCUT2D eigenvalue weighted by molar-refractivity contribution is 5.94. The molecule has 3 N–H and O–H groups in total. The van der Waals surface area contributed by atoms with E-state index in [1.54, 1.807) is 17.0 Å². The van der Waals surface area contributed by atoms with E-state index in [4.69, 9.17) is 10.3 Å². The Morgan fingerprint density at radius 3 is 2.68 bits per heavy atom. The van der Waals surface area contributed by atoms with Crippen LogP contribution in [0.1, 0.15) is 51.5 Å². The molecule has 0 saturated heterocycles. The van der Waals surface area contributed by atoms with Crippen LogP contribution in [0.25, 0.3) is 11.5 Å². The number of carbonyl (C=O) groups is 2. The van der Waals surface area contributed by atoms with E-state index in [0.29, 0.717) is 29.4 Å². The minimum absolute atomic E-state index is 0.0884. The molecular weight excluding hydrogens is 362 g/mol. The first kappa shape index (κ1) is 19.8. The Bertz CT molecular complexity index is 894. The minimum atomic E-state index is -0.997. The molecule has 1 aliphatic rings. The van der Waals surface area contributed by atoms with Gasteiger partial charge >= 0.3 is 6.09 Å². The molecule has 0 aliphatic carbocycles. The number of benzene rings is 1. The number of anilines is 1. The fraction of sp³-hybridized carbons (Fsp3) is 0.474.